The van der Waals surface area contributed by atoms with Crippen molar-refractivity contribution in [2.45, 2.75) is 39.2 Å². The van der Waals surface area contributed by atoms with Crippen molar-refractivity contribution in [3.8, 4) is 5.75 Å². The molecule has 4 heteroatoms. The zero-order valence-electron chi connectivity index (χ0n) is 12.0. The van der Waals surface area contributed by atoms with Gasteiger partial charge < -0.3 is 10.1 Å². The first-order valence-corrected chi connectivity index (χ1v) is 7.15. The maximum atomic E-state index is 11.7. The molecule has 0 aliphatic heterocycles. The first-order valence-electron chi connectivity index (χ1n) is 7.15. The average molecular weight is 275 g/mol. The molecule has 1 aromatic carbocycles. The van der Waals surface area contributed by atoms with Crippen LogP contribution in [0.1, 0.15) is 43.5 Å². The van der Waals surface area contributed by atoms with Crippen molar-refractivity contribution in [3.63, 3.8) is 0 Å². The quantitative estimate of drug-likeness (QED) is 0.778. The molecule has 4 nitrogen and oxygen atoms in total. The molecule has 1 aliphatic carbocycles. The molecule has 0 spiro atoms. The van der Waals surface area contributed by atoms with Crippen LogP contribution in [0.5, 0.6) is 5.75 Å². The fourth-order valence-electron chi connectivity index (χ4n) is 2.10. The zero-order chi connectivity index (χ0) is 14.5. The molecule has 2 rings (SSSR count). The van der Waals surface area contributed by atoms with E-state index in [1.54, 1.807) is 24.3 Å². The lowest BCUT2D eigenvalue weighted by Gasteiger charge is -2.13. The molecule has 1 saturated carbocycles. The predicted octanol–water partition coefficient (Wildman–Crippen LogP) is 2.57. The van der Waals surface area contributed by atoms with Crippen LogP contribution in [-0.4, -0.2) is 24.3 Å². The smallest absolute Gasteiger partial charge is 0.258 e. The molecule has 20 heavy (non-hydrogen) atoms. The molecule has 0 radical (unpaired) electrons. The molecule has 0 saturated heterocycles. The van der Waals surface area contributed by atoms with Crippen LogP contribution in [0.25, 0.3) is 0 Å². The Morgan fingerprint density at radius 3 is 2.50 bits per heavy atom. The van der Waals surface area contributed by atoms with Gasteiger partial charge in [-0.3, -0.25) is 9.59 Å². The highest BCUT2D eigenvalue weighted by Crippen LogP contribution is 2.32. The summed E-state index contributed by atoms with van der Waals surface area (Å²) in [6.45, 7) is 3.87. The van der Waals surface area contributed by atoms with Crippen molar-refractivity contribution >= 4 is 11.7 Å². The van der Waals surface area contributed by atoms with E-state index in [-0.39, 0.29) is 24.3 Å². The second kappa shape index (κ2) is 6.55. The molecule has 0 aromatic heterocycles. The minimum absolute atomic E-state index is 0.0120. The van der Waals surface area contributed by atoms with E-state index in [0.29, 0.717) is 23.7 Å². The number of hydrogen-bond acceptors (Lipinski definition) is 3. The van der Waals surface area contributed by atoms with Crippen LogP contribution in [0.15, 0.2) is 24.3 Å². The number of ketones is 1. The Labute approximate surface area is 119 Å². The van der Waals surface area contributed by atoms with Gasteiger partial charge in [0.05, 0.1) is 0 Å². The second-order valence-electron chi connectivity index (χ2n) is 5.28. The van der Waals surface area contributed by atoms with E-state index in [9.17, 15) is 9.59 Å². The normalized spacial score (nSPS) is 15.5. The van der Waals surface area contributed by atoms with Gasteiger partial charge in [-0.15, -0.1) is 0 Å². The fourth-order valence-corrected chi connectivity index (χ4v) is 2.10. The van der Waals surface area contributed by atoms with Crippen molar-refractivity contribution in [2.75, 3.05) is 6.61 Å². The zero-order valence-corrected chi connectivity index (χ0v) is 12.0. The molecule has 1 unspecified atom stereocenters. The van der Waals surface area contributed by atoms with Gasteiger partial charge in [0.25, 0.3) is 5.91 Å². The summed E-state index contributed by atoms with van der Waals surface area (Å²) in [5.74, 6) is 1.25. The third-order valence-electron chi connectivity index (χ3n) is 3.59. The van der Waals surface area contributed by atoms with Crippen LogP contribution in [0.4, 0.5) is 0 Å². The topological polar surface area (TPSA) is 55.4 Å². The number of Topliss-reactive ketones (excluding diaryl/α,β-unsaturated/α-hetero) is 1. The second-order valence-corrected chi connectivity index (χ2v) is 5.28. The standard InChI is InChI=1S/C16H21NO3/c1-3-15(18)13-6-8-14(9-7-13)20-10-16(19)17-11(2)12-4-5-12/h6-9,11-12H,3-5,10H2,1-2H3,(H,17,19). The van der Waals surface area contributed by atoms with Crippen LogP contribution >= 0.6 is 0 Å². The first-order chi connectivity index (χ1) is 9.60. The summed E-state index contributed by atoms with van der Waals surface area (Å²) in [4.78, 5) is 23.2. The van der Waals surface area contributed by atoms with Gasteiger partial charge in [-0.1, -0.05) is 6.92 Å². The molecule has 0 bridgehead atoms. The summed E-state index contributed by atoms with van der Waals surface area (Å²) in [6.07, 6.45) is 2.89. The van der Waals surface area contributed by atoms with E-state index < -0.39 is 0 Å². The van der Waals surface area contributed by atoms with Crippen LogP contribution in [0.2, 0.25) is 0 Å². The van der Waals surface area contributed by atoms with Gasteiger partial charge >= 0.3 is 0 Å². The van der Waals surface area contributed by atoms with Crippen molar-refractivity contribution in [2.24, 2.45) is 5.92 Å². The number of amides is 1. The number of carbonyl (C=O) groups is 2. The summed E-state index contributed by atoms with van der Waals surface area (Å²) < 4.78 is 5.41. The van der Waals surface area contributed by atoms with Gasteiger partial charge in [0.15, 0.2) is 12.4 Å². The van der Waals surface area contributed by atoms with Crippen LogP contribution in [0.3, 0.4) is 0 Å². The molecule has 1 aromatic rings. The average Bonchev–Trinajstić information content (AvgIpc) is 3.29. The molecule has 108 valence electrons. The number of ether oxygens (including phenoxy) is 1. The van der Waals surface area contributed by atoms with Gasteiger partial charge in [0, 0.05) is 18.0 Å². The molecule has 0 heterocycles. The van der Waals surface area contributed by atoms with Crippen molar-refractivity contribution < 1.29 is 14.3 Å². The Morgan fingerprint density at radius 2 is 1.95 bits per heavy atom. The van der Waals surface area contributed by atoms with Crippen LogP contribution in [-0.2, 0) is 4.79 Å². The largest absolute Gasteiger partial charge is 0.484 e. The monoisotopic (exact) mass is 275 g/mol. The van der Waals surface area contributed by atoms with E-state index in [1.165, 1.54) is 12.8 Å². The van der Waals surface area contributed by atoms with Crippen molar-refractivity contribution in [1.82, 2.24) is 5.32 Å². The Hall–Kier alpha value is -1.84. The van der Waals surface area contributed by atoms with E-state index in [1.807, 2.05) is 13.8 Å². The Morgan fingerprint density at radius 1 is 1.30 bits per heavy atom. The van der Waals surface area contributed by atoms with E-state index >= 15 is 0 Å². The lowest BCUT2D eigenvalue weighted by molar-refractivity contribution is -0.123. The number of hydrogen-bond donors (Lipinski definition) is 1. The highest BCUT2D eigenvalue weighted by molar-refractivity contribution is 5.95. The van der Waals surface area contributed by atoms with Crippen molar-refractivity contribution in [3.05, 3.63) is 29.8 Å². The van der Waals surface area contributed by atoms with Gasteiger partial charge in [-0.25, -0.2) is 0 Å². The number of nitrogens with one attached hydrogen (secondary N) is 1. The first kappa shape index (κ1) is 14.6. The summed E-state index contributed by atoms with van der Waals surface area (Å²) in [5.41, 5.74) is 0.673. The summed E-state index contributed by atoms with van der Waals surface area (Å²) in [5, 5.41) is 2.93. The van der Waals surface area contributed by atoms with Crippen molar-refractivity contribution in [1.29, 1.82) is 0 Å². The van der Waals surface area contributed by atoms with Crippen LogP contribution in [0, 0.1) is 5.92 Å². The highest BCUT2D eigenvalue weighted by Gasteiger charge is 2.28. The molecule has 1 N–H and O–H groups in total. The number of benzene rings is 1. The Kier molecular flexibility index (Phi) is 4.77. The lowest BCUT2D eigenvalue weighted by atomic mass is 10.1. The van der Waals surface area contributed by atoms with Gasteiger partial charge in [-0.2, -0.15) is 0 Å². The molecule has 1 atom stereocenters. The Bertz CT molecular complexity index is 477. The molecular weight excluding hydrogens is 254 g/mol. The third kappa shape index (κ3) is 4.08. The molecular formula is C16H21NO3. The summed E-state index contributed by atoms with van der Waals surface area (Å²) >= 11 is 0. The third-order valence-corrected chi connectivity index (χ3v) is 3.59. The SMILES string of the molecule is CCC(=O)c1ccc(OCC(=O)NC(C)C2CC2)cc1. The van der Waals surface area contributed by atoms with Gasteiger partial charge in [-0.05, 0) is 49.9 Å². The summed E-state index contributed by atoms with van der Waals surface area (Å²) in [6, 6.07) is 7.13. The van der Waals surface area contributed by atoms with Gasteiger partial charge in [0.2, 0.25) is 0 Å². The maximum Gasteiger partial charge on any atom is 0.258 e. The number of rotatable bonds is 7. The summed E-state index contributed by atoms with van der Waals surface area (Å²) in [7, 11) is 0. The fraction of sp³-hybridized carbons (Fsp3) is 0.500. The molecule has 1 aliphatic rings. The lowest BCUT2D eigenvalue weighted by Crippen LogP contribution is -2.37. The van der Waals surface area contributed by atoms with E-state index in [4.69, 9.17) is 4.74 Å². The van der Waals surface area contributed by atoms with E-state index in [2.05, 4.69) is 5.32 Å². The van der Waals surface area contributed by atoms with Gasteiger partial charge in [0.1, 0.15) is 5.75 Å². The van der Waals surface area contributed by atoms with Crippen LogP contribution < -0.4 is 10.1 Å². The van der Waals surface area contributed by atoms with E-state index in [0.717, 1.165) is 0 Å². The Balaban J connectivity index is 1.78. The minimum Gasteiger partial charge on any atom is -0.484 e. The molecule has 1 fully saturated rings. The predicted molar refractivity (Wildman–Crippen MR) is 76.9 cm³/mol. The number of carbonyl (C=O) groups excluding carboxylic acids is 2. The molecule has 1 amide bonds. The highest BCUT2D eigenvalue weighted by atomic mass is 16.5. The minimum atomic E-state index is -0.0990. The maximum absolute atomic E-state index is 11.7.